The molecule has 54 valence electrons. The quantitative estimate of drug-likeness (QED) is 0.601. The molecular formula is C8H13N2+. The molecule has 1 rings (SSSR count). The molecule has 0 fully saturated rings. The van der Waals surface area contributed by atoms with Crippen LogP contribution in [0.25, 0.3) is 0 Å². The minimum absolute atomic E-state index is 1.06. The summed E-state index contributed by atoms with van der Waals surface area (Å²) in [6.07, 6.45) is 1.91. The van der Waals surface area contributed by atoms with Crippen molar-refractivity contribution in [1.82, 2.24) is 4.98 Å². The number of hydrogen-bond acceptors (Lipinski definition) is 1. The molecule has 1 aromatic heterocycles. The Morgan fingerprint density at radius 1 is 1.30 bits per heavy atom. The summed E-state index contributed by atoms with van der Waals surface area (Å²) in [6.45, 7) is 4.17. The lowest BCUT2D eigenvalue weighted by atomic mass is 10.2. The molecule has 0 bridgehead atoms. The van der Waals surface area contributed by atoms with E-state index in [1.165, 1.54) is 11.1 Å². The Balaban J connectivity index is 3.04. The van der Waals surface area contributed by atoms with Crippen LogP contribution in [0.1, 0.15) is 11.1 Å². The molecule has 0 atom stereocenters. The fourth-order valence-corrected chi connectivity index (χ4v) is 0.804. The van der Waals surface area contributed by atoms with Crippen LogP contribution in [0.3, 0.4) is 0 Å². The molecule has 2 nitrogen and oxygen atoms in total. The van der Waals surface area contributed by atoms with E-state index in [4.69, 9.17) is 0 Å². The molecule has 0 radical (unpaired) electrons. The highest BCUT2D eigenvalue weighted by Gasteiger charge is 1.96. The number of rotatable bonds is 1. The smallest absolute Gasteiger partial charge is 0.224 e. The van der Waals surface area contributed by atoms with Gasteiger partial charge in [-0.25, -0.2) is 4.98 Å². The normalized spacial score (nSPS) is 9.90. The summed E-state index contributed by atoms with van der Waals surface area (Å²) in [6, 6.07) is 2.09. The highest BCUT2D eigenvalue weighted by atomic mass is 14.9. The van der Waals surface area contributed by atoms with Gasteiger partial charge in [-0.15, -0.1) is 0 Å². The number of aromatic nitrogens is 1. The second-order valence-electron chi connectivity index (χ2n) is 2.48. The van der Waals surface area contributed by atoms with Crippen LogP contribution in [-0.2, 0) is 0 Å². The molecule has 0 aliphatic rings. The lowest BCUT2D eigenvalue weighted by molar-refractivity contribution is -0.543. The van der Waals surface area contributed by atoms with Crippen molar-refractivity contribution in [3.8, 4) is 0 Å². The fourth-order valence-electron chi connectivity index (χ4n) is 0.804. The Morgan fingerprint density at radius 2 is 2.00 bits per heavy atom. The lowest BCUT2D eigenvalue weighted by Gasteiger charge is -1.98. The van der Waals surface area contributed by atoms with Crippen molar-refractivity contribution in [3.63, 3.8) is 0 Å². The summed E-state index contributed by atoms with van der Waals surface area (Å²) in [5, 5.41) is 2.01. The van der Waals surface area contributed by atoms with Gasteiger partial charge < -0.3 is 0 Å². The monoisotopic (exact) mass is 137 g/mol. The third-order valence-corrected chi connectivity index (χ3v) is 1.69. The molecule has 1 aromatic rings. The fraction of sp³-hybridized carbons (Fsp3) is 0.375. The number of aryl methyl sites for hydroxylation is 2. The summed E-state index contributed by atoms with van der Waals surface area (Å²) in [5.41, 5.74) is 2.56. The van der Waals surface area contributed by atoms with Gasteiger partial charge >= 0.3 is 0 Å². The summed E-state index contributed by atoms with van der Waals surface area (Å²) in [5.74, 6) is 1.06. The third kappa shape index (κ3) is 1.33. The van der Waals surface area contributed by atoms with Crippen LogP contribution >= 0.6 is 0 Å². The zero-order valence-corrected chi connectivity index (χ0v) is 6.68. The molecule has 10 heavy (non-hydrogen) atoms. The van der Waals surface area contributed by atoms with E-state index in [1.54, 1.807) is 0 Å². The first-order chi connectivity index (χ1) is 4.74. The van der Waals surface area contributed by atoms with Gasteiger partial charge in [0, 0.05) is 12.3 Å². The maximum absolute atomic E-state index is 4.20. The second kappa shape index (κ2) is 2.80. The Bertz CT molecular complexity index is 231. The van der Waals surface area contributed by atoms with E-state index in [2.05, 4.69) is 24.9 Å². The zero-order chi connectivity index (χ0) is 7.56. The average molecular weight is 137 g/mol. The number of quaternary nitrogens is 1. The van der Waals surface area contributed by atoms with E-state index in [-0.39, 0.29) is 0 Å². The van der Waals surface area contributed by atoms with Crippen molar-refractivity contribution in [2.75, 3.05) is 7.05 Å². The summed E-state index contributed by atoms with van der Waals surface area (Å²) < 4.78 is 0. The van der Waals surface area contributed by atoms with Crippen LogP contribution in [0.2, 0.25) is 0 Å². The van der Waals surface area contributed by atoms with Gasteiger partial charge in [0.25, 0.3) is 0 Å². The van der Waals surface area contributed by atoms with Crippen LogP contribution in [0.15, 0.2) is 12.3 Å². The standard InChI is InChI=1S/C8H12N2/c1-6-4-8(9-3)10-5-7(6)2/h4-5H,1-3H3,(H,9,10)/p+1. The van der Waals surface area contributed by atoms with Crippen LogP contribution < -0.4 is 5.32 Å². The average Bonchev–Trinajstić information content (AvgIpc) is 1.95. The van der Waals surface area contributed by atoms with E-state index in [1.807, 2.05) is 18.6 Å². The van der Waals surface area contributed by atoms with Crippen LogP contribution in [0.5, 0.6) is 0 Å². The van der Waals surface area contributed by atoms with Gasteiger partial charge in [0.2, 0.25) is 5.82 Å². The van der Waals surface area contributed by atoms with Gasteiger partial charge in [0.1, 0.15) is 0 Å². The Labute approximate surface area is 61.3 Å². The summed E-state index contributed by atoms with van der Waals surface area (Å²) >= 11 is 0. The highest BCUT2D eigenvalue weighted by molar-refractivity contribution is 5.29. The molecule has 1 heterocycles. The maximum Gasteiger partial charge on any atom is 0.224 e. The van der Waals surface area contributed by atoms with Crippen molar-refractivity contribution in [2.24, 2.45) is 0 Å². The van der Waals surface area contributed by atoms with Crippen molar-refractivity contribution in [2.45, 2.75) is 13.8 Å². The number of nitrogens with two attached hydrogens (primary N) is 1. The minimum atomic E-state index is 1.06. The predicted octanol–water partition coefficient (Wildman–Crippen LogP) is 0.523. The van der Waals surface area contributed by atoms with Gasteiger partial charge in [-0.05, 0) is 25.0 Å². The van der Waals surface area contributed by atoms with E-state index >= 15 is 0 Å². The first-order valence-electron chi connectivity index (χ1n) is 3.46. The van der Waals surface area contributed by atoms with E-state index < -0.39 is 0 Å². The number of pyridine rings is 1. The zero-order valence-electron chi connectivity index (χ0n) is 6.68. The van der Waals surface area contributed by atoms with Crippen molar-refractivity contribution >= 4 is 5.82 Å². The van der Waals surface area contributed by atoms with Crippen LogP contribution in [0.4, 0.5) is 5.82 Å². The van der Waals surface area contributed by atoms with Gasteiger partial charge in [-0.3, -0.25) is 5.32 Å². The summed E-state index contributed by atoms with van der Waals surface area (Å²) in [4.78, 5) is 4.20. The number of hydrogen-bond donors (Lipinski definition) is 1. The molecule has 0 saturated carbocycles. The van der Waals surface area contributed by atoms with Gasteiger partial charge in [-0.2, -0.15) is 0 Å². The molecule has 2 N–H and O–H groups in total. The Kier molecular flexibility index (Phi) is 2.02. The van der Waals surface area contributed by atoms with E-state index in [0.717, 1.165) is 5.82 Å². The van der Waals surface area contributed by atoms with Crippen molar-refractivity contribution in [3.05, 3.63) is 23.4 Å². The topological polar surface area (TPSA) is 29.5 Å². The first-order valence-corrected chi connectivity index (χ1v) is 3.46. The SMILES string of the molecule is C[NH2+]c1cc(C)c(C)cn1. The second-order valence-corrected chi connectivity index (χ2v) is 2.48. The molecule has 0 saturated heterocycles. The van der Waals surface area contributed by atoms with Crippen LogP contribution in [-0.4, -0.2) is 12.0 Å². The lowest BCUT2D eigenvalue weighted by Crippen LogP contribution is -2.73. The number of nitrogens with zero attached hydrogens (tertiary/aromatic N) is 1. The van der Waals surface area contributed by atoms with Gasteiger partial charge in [-0.1, -0.05) is 0 Å². The molecule has 0 aliphatic heterocycles. The molecule has 0 aliphatic carbocycles. The third-order valence-electron chi connectivity index (χ3n) is 1.69. The maximum atomic E-state index is 4.20. The van der Waals surface area contributed by atoms with Gasteiger partial charge in [0.05, 0.1) is 7.05 Å². The molecule has 0 amide bonds. The van der Waals surface area contributed by atoms with Gasteiger partial charge in [0.15, 0.2) is 0 Å². The molecule has 2 heteroatoms. The van der Waals surface area contributed by atoms with E-state index in [0.29, 0.717) is 0 Å². The Hall–Kier alpha value is -0.890. The molecular weight excluding hydrogens is 124 g/mol. The first kappa shape index (κ1) is 7.22. The van der Waals surface area contributed by atoms with Crippen LogP contribution in [0, 0.1) is 13.8 Å². The minimum Gasteiger partial charge on any atom is -0.300 e. The van der Waals surface area contributed by atoms with Crippen molar-refractivity contribution < 1.29 is 5.32 Å². The molecule has 0 spiro atoms. The molecule has 0 aromatic carbocycles. The van der Waals surface area contributed by atoms with Crippen molar-refractivity contribution in [1.29, 1.82) is 0 Å². The highest BCUT2D eigenvalue weighted by Crippen LogP contribution is 2.05. The predicted molar refractivity (Wildman–Crippen MR) is 41.2 cm³/mol. The van der Waals surface area contributed by atoms with E-state index in [9.17, 15) is 0 Å². The Morgan fingerprint density at radius 3 is 2.50 bits per heavy atom. The molecule has 0 unspecified atom stereocenters. The summed E-state index contributed by atoms with van der Waals surface area (Å²) in [7, 11) is 2.00. The largest absolute Gasteiger partial charge is 0.300 e.